The number of anilines is 2. The van der Waals surface area contributed by atoms with E-state index in [2.05, 4.69) is 11.4 Å². The number of benzene rings is 2. The van der Waals surface area contributed by atoms with Crippen molar-refractivity contribution in [2.75, 3.05) is 16.8 Å². The average molecular weight is 322 g/mol. The van der Waals surface area contributed by atoms with Gasteiger partial charge in [0.25, 0.3) is 0 Å². The lowest BCUT2D eigenvalue weighted by Gasteiger charge is -2.19. The Balaban J connectivity index is 1.73. The van der Waals surface area contributed by atoms with E-state index in [4.69, 9.17) is 0 Å². The topological polar surface area (TPSA) is 49.4 Å². The Morgan fingerprint density at radius 1 is 1.08 bits per heavy atom. The molecule has 0 bridgehead atoms. The maximum absolute atomic E-state index is 12.6. The molecule has 0 radical (unpaired) electrons. The molecule has 0 aromatic heterocycles. The highest BCUT2D eigenvalue weighted by Gasteiger charge is 2.35. The van der Waals surface area contributed by atoms with Crippen molar-refractivity contribution in [3.05, 3.63) is 59.2 Å². The van der Waals surface area contributed by atoms with Crippen LogP contribution in [0.2, 0.25) is 0 Å². The number of carbonyl (C=O) groups excluding carboxylic acids is 2. The van der Waals surface area contributed by atoms with E-state index in [-0.39, 0.29) is 24.2 Å². The molecule has 0 aliphatic carbocycles. The Morgan fingerprint density at radius 2 is 1.75 bits per heavy atom. The minimum Gasteiger partial charge on any atom is -0.326 e. The van der Waals surface area contributed by atoms with Gasteiger partial charge in [-0.1, -0.05) is 24.3 Å². The Labute approximate surface area is 142 Å². The van der Waals surface area contributed by atoms with Crippen LogP contribution in [0, 0.1) is 26.7 Å². The van der Waals surface area contributed by atoms with E-state index in [0.29, 0.717) is 6.54 Å². The molecule has 2 aromatic carbocycles. The van der Waals surface area contributed by atoms with Crippen LogP contribution < -0.4 is 10.2 Å². The number of nitrogens with one attached hydrogen (secondary N) is 1. The molecule has 1 saturated heterocycles. The van der Waals surface area contributed by atoms with Crippen molar-refractivity contribution >= 4 is 23.2 Å². The normalized spacial score (nSPS) is 17.2. The fourth-order valence-corrected chi connectivity index (χ4v) is 3.27. The highest BCUT2D eigenvalue weighted by Crippen LogP contribution is 2.28. The second-order valence-corrected chi connectivity index (χ2v) is 6.56. The predicted molar refractivity (Wildman–Crippen MR) is 96.2 cm³/mol. The van der Waals surface area contributed by atoms with Gasteiger partial charge in [0.1, 0.15) is 0 Å². The Morgan fingerprint density at radius 3 is 2.42 bits per heavy atom. The van der Waals surface area contributed by atoms with Gasteiger partial charge >= 0.3 is 0 Å². The zero-order valence-corrected chi connectivity index (χ0v) is 14.3. The number of rotatable bonds is 3. The zero-order valence-electron chi connectivity index (χ0n) is 14.3. The minimum atomic E-state index is -0.321. The quantitative estimate of drug-likeness (QED) is 0.938. The van der Waals surface area contributed by atoms with E-state index in [1.165, 1.54) is 0 Å². The molecule has 1 fully saturated rings. The zero-order chi connectivity index (χ0) is 17.3. The highest BCUT2D eigenvalue weighted by molar-refractivity contribution is 6.03. The molecule has 4 nitrogen and oxygen atoms in total. The molecule has 0 spiro atoms. The van der Waals surface area contributed by atoms with Crippen LogP contribution in [0.3, 0.4) is 0 Å². The van der Waals surface area contributed by atoms with Gasteiger partial charge in [-0.05, 0) is 55.7 Å². The average Bonchev–Trinajstić information content (AvgIpc) is 2.88. The summed E-state index contributed by atoms with van der Waals surface area (Å²) in [6.07, 6.45) is 0.255. The van der Waals surface area contributed by atoms with Crippen molar-refractivity contribution in [3.63, 3.8) is 0 Å². The van der Waals surface area contributed by atoms with Gasteiger partial charge in [0.05, 0.1) is 5.92 Å². The third-order valence-electron chi connectivity index (χ3n) is 4.39. The number of nitrogens with zero attached hydrogens (tertiary/aromatic N) is 1. The van der Waals surface area contributed by atoms with E-state index in [1.807, 2.05) is 57.2 Å². The molecule has 24 heavy (non-hydrogen) atoms. The lowest BCUT2D eigenvalue weighted by molar-refractivity contribution is -0.122. The summed E-state index contributed by atoms with van der Waals surface area (Å²) in [6, 6.07) is 13.7. The number of para-hydroxylation sites is 1. The Bertz CT molecular complexity index is 778. The van der Waals surface area contributed by atoms with E-state index < -0.39 is 0 Å². The predicted octanol–water partition coefficient (Wildman–Crippen LogP) is 3.60. The molecule has 1 aliphatic heterocycles. The van der Waals surface area contributed by atoms with Crippen molar-refractivity contribution in [2.45, 2.75) is 27.2 Å². The van der Waals surface area contributed by atoms with Gasteiger partial charge in [-0.3, -0.25) is 9.59 Å². The molecule has 4 heteroatoms. The van der Waals surface area contributed by atoms with Crippen LogP contribution in [0.1, 0.15) is 23.1 Å². The molecule has 1 heterocycles. The standard InChI is InChI=1S/C20H22N2O2/c1-13-8-14(2)10-17(9-13)21-20(24)16-11-19(23)22(12-16)18-7-5-4-6-15(18)3/h4-10,16H,11-12H2,1-3H3,(H,21,24)/t16-/m1/s1. The van der Waals surface area contributed by atoms with Gasteiger partial charge in [0.2, 0.25) is 11.8 Å². The fraction of sp³-hybridized carbons (Fsp3) is 0.300. The molecule has 2 amide bonds. The first kappa shape index (κ1) is 16.2. The third-order valence-corrected chi connectivity index (χ3v) is 4.39. The van der Waals surface area contributed by atoms with Crippen LogP contribution in [0.5, 0.6) is 0 Å². The first-order chi connectivity index (χ1) is 11.4. The van der Waals surface area contributed by atoms with Crippen LogP contribution in [0.4, 0.5) is 11.4 Å². The van der Waals surface area contributed by atoms with Gasteiger partial charge in [0.15, 0.2) is 0 Å². The Hall–Kier alpha value is -2.62. The summed E-state index contributed by atoms with van der Waals surface area (Å²) in [5, 5.41) is 2.95. The van der Waals surface area contributed by atoms with Crippen molar-refractivity contribution < 1.29 is 9.59 Å². The first-order valence-electron chi connectivity index (χ1n) is 8.19. The van der Waals surface area contributed by atoms with E-state index in [1.54, 1.807) is 4.90 Å². The van der Waals surface area contributed by atoms with Gasteiger partial charge in [0, 0.05) is 24.3 Å². The molecule has 0 saturated carbocycles. The van der Waals surface area contributed by atoms with Crippen molar-refractivity contribution in [1.82, 2.24) is 0 Å². The molecule has 124 valence electrons. The largest absolute Gasteiger partial charge is 0.326 e. The molecule has 2 aromatic rings. The number of carbonyl (C=O) groups is 2. The second-order valence-electron chi connectivity index (χ2n) is 6.56. The number of aryl methyl sites for hydroxylation is 3. The van der Waals surface area contributed by atoms with Crippen LogP contribution in [-0.2, 0) is 9.59 Å². The van der Waals surface area contributed by atoms with Crippen LogP contribution >= 0.6 is 0 Å². The number of hydrogen-bond donors (Lipinski definition) is 1. The number of amides is 2. The maximum Gasteiger partial charge on any atom is 0.229 e. The highest BCUT2D eigenvalue weighted by atomic mass is 16.2. The molecule has 0 unspecified atom stereocenters. The van der Waals surface area contributed by atoms with Crippen molar-refractivity contribution in [3.8, 4) is 0 Å². The summed E-state index contributed by atoms with van der Waals surface area (Å²) in [5.74, 6) is -0.410. The molecular weight excluding hydrogens is 300 g/mol. The summed E-state index contributed by atoms with van der Waals surface area (Å²) in [7, 11) is 0. The van der Waals surface area contributed by atoms with E-state index in [9.17, 15) is 9.59 Å². The molecule has 1 N–H and O–H groups in total. The summed E-state index contributed by atoms with van der Waals surface area (Å²) < 4.78 is 0. The smallest absolute Gasteiger partial charge is 0.229 e. The fourth-order valence-electron chi connectivity index (χ4n) is 3.27. The van der Waals surface area contributed by atoms with Gasteiger partial charge in [-0.15, -0.1) is 0 Å². The molecule has 1 aliphatic rings. The van der Waals surface area contributed by atoms with Gasteiger partial charge < -0.3 is 10.2 Å². The summed E-state index contributed by atoms with van der Waals surface area (Å²) in [5.41, 5.74) is 4.94. The lowest BCUT2D eigenvalue weighted by Crippen LogP contribution is -2.28. The van der Waals surface area contributed by atoms with Crippen molar-refractivity contribution in [1.29, 1.82) is 0 Å². The van der Waals surface area contributed by atoms with Gasteiger partial charge in [-0.2, -0.15) is 0 Å². The monoisotopic (exact) mass is 322 g/mol. The maximum atomic E-state index is 12.6. The summed E-state index contributed by atoms with van der Waals surface area (Å²) >= 11 is 0. The Kier molecular flexibility index (Phi) is 4.38. The lowest BCUT2D eigenvalue weighted by atomic mass is 10.1. The SMILES string of the molecule is Cc1cc(C)cc(NC(=O)[C@@H]2CC(=O)N(c3ccccc3C)C2)c1. The van der Waals surface area contributed by atoms with Crippen LogP contribution in [0.25, 0.3) is 0 Å². The molecule has 1 atom stereocenters. The van der Waals surface area contributed by atoms with Crippen molar-refractivity contribution in [2.24, 2.45) is 5.92 Å². The first-order valence-corrected chi connectivity index (χ1v) is 8.19. The summed E-state index contributed by atoms with van der Waals surface area (Å²) in [6.45, 7) is 6.41. The molecule has 3 rings (SSSR count). The van der Waals surface area contributed by atoms with Crippen LogP contribution in [0.15, 0.2) is 42.5 Å². The van der Waals surface area contributed by atoms with E-state index >= 15 is 0 Å². The third kappa shape index (κ3) is 3.32. The van der Waals surface area contributed by atoms with Crippen LogP contribution in [-0.4, -0.2) is 18.4 Å². The molecular formula is C20H22N2O2. The van der Waals surface area contributed by atoms with Gasteiger partial charge in [-0.25, -0.2) is 0 Å². The summed E-state index contributed by atoms with van der Waals surface area (Å²) in [4.78, 5) is 26.6. The minimum absolute atomic E-state index is 0.00451. The van der Waals surface area contributed by atoms with E-state index in [0.717, 1.165) is 28.1 Å². The second kappa shape index (κ2) is 6.48. The number of hydrogen-bond acceptors (Lipinski definition) is 2.